The van der Waals surface area contributed by atoms with Gasteiger partial charge in [0.2, 0.25) is 12.4 Å². The highest BCUT2D eigenvalue weighted by Crippen LogP contribution is 2.39. The van der Waals surface area contributed by atoms with Crippen LogP contribution in [0.4, 0.5) is 0 Å². The van der Waals surface area contributed by atoms with Gasteiger partial charge in [0, 0.05) is 37.3 Å². The van der Waals surface area contributed by atoms with Crippen molar-refractivity contribution in [3.05, 3.63) is 58.5 Å². The molecule has 3 atom stereocenters. The third-order valence-electron chi connectivity index (χ3n) is 5.43. The van der Waals surface area contributed by atoms with Gasteiger partial charge in [-0.2, -0.15) is 0 Å². The Morgan fingerprint density at radius 3 is 2.93 bits per heavy atom. The number of hydrogen-bond acceptors (Lipinski definition) is 6. The summed E-state index contributed by atoms with van der Waals surface area (Å²) in [5.74, 6) is 0.883. The van der Waals surface area contributed by atoms with E-state index in [1.807, 2.05) is 31.2 Å². The molecule has 1 fully saturated rings. The van der Waals surface area contributed by atoms with E-state index in [0.717, 1.165) is 11.3 Å². The fraction of sp³-hybridized carbons (Fsp3) is 0.429. The van der Waals surface area contributed by atoms with E-state index in [9.17, 15) is 9.59 Å². The van der Waals surface area contributed by atoms with Crippen LogP contribution in [-0.4, -0.2) is 36.5 Å². The van der Waals surface area contributed by atoms with Gasteiger partial charge in [-0.15, -0.1) is 0 Å². The zero-order chi connectivity index (χ0) is 19.5. The minimum atomic E-state index is -0.320. The van der Waals surface area contributed by atoms with Crippen molar-refractivity contribution in [3.63, 3.8) is 0 Å². The summed E-state index contributed by atoms with van der Waals surface area (Å²) in [4.78, 5) is 24.7. The molecule has 0 bridgehead atoms. The summed E-state index contributed by atoms with van der Waals surface area (Å²) in [7, 11) is 0. The highest BCUT2D eigenvalue weighted by molar-refractivity contribution is 5.75. The highest BCUT2D eigenvalue weighted by Gasteiger charge is 2.42. The number of benzene rings is 1. The van der Waals surface area contributed by atoms with Crippen molar-refractivity contribution in [1.82, 2.24) is 9.88 Å². The van der Waals surface area contributed by atoms with Gasteiger partial charge in [0.25, 0.3) is 0 Å². The maximum Gasteiger partial charge on any atom is 0.311 e. The maximum atomic E-state index is 12.8. The van der Waals surface area contributed by atoms with E-state index in [-0.39, 0.29) is 36.2 Å². The average Bonchev–Trinajstić information content (AvgIpc) is 3.33. The van der Waals surface area contributed by atoms with Gasteiger partial charge in [-0.25, -0.2) is 0 Å². The second-order valence-electron chi connectivity index (χ2n) is 7.03. The number of aromatic nitrogens is 1. The molecule has 2 aliphatic rings. The number of fused-ring (bicyclic) bond motifs is 1. The normalized spacial score (nSPS) is 23.0. The summed E-state index contributed by atoms with van der Waals surface area (Å²) in [6, 6.07) is 10.9. The summed E-state index contributed by atoms with van der Waals surface area (Å²) in [6.07, 6.45) is 2.43. The van der Waals surface area contributed by atoms with Crippen LogP contribution in [0.15, 0.2) is 47.4 Å². The number of hydrogen-bond donors (Lipinski definition) is 1. The monoisotopic (exact) mass is 384 g/mol. The molecule has 7 nitrogen and oxygen atoms in total. The number of rotatable bonds is 6. The Kier molecular flexibility index (Phi) is 5.34. The van der Waals surface area contributed by atoms with E-state index < -0.39 is 0 Å². The van der Waals surface area contributed by atoms with Crippen molar-refractivity contribution in [2.24, 2.45) is 5.92 Å². The third-order valence-corrected chi connectivity index (χ3v) is 5.43. The van der Waals surface area contributed by atoms with Gasteiger partial charge in [-0.1, -0.05) is 12.1 Å². The molecule has 148 valence electrons. The second-order valence-corrected chi connectivity index (χ2v) is 7.03. The fourth-order valence-corrected chi connectivity index (χ4v) is 4.05. The largest absolute Gasteiger partial charge is 0.466 e. The van der Waals surface area contributed by atoms with Crippen molar-refractivity contribution in [2.75, 3.05) is 19.9 Å². The minimum absolute atomic E-state index is 0.0222. The van der Waals surface area contributed by atoms with Gasteiger partial charge in [-0.3, -0.25) is 9.59 Å². The molecule has 1 aromatic carbocycles. The van der Waals surface area contributed by atoms with Crippen LogP contribution >= 0.6 is 0 Å². The van der Waals surface area contributed by atoms with E-state index in [4.69, 9.17) is 14.2 Å². The van der Waals surface area contributed by atoms with Crippen LogP contribution in [0.5, 0.6) is 11.5 Å². The minimum Gasteiger partial charge on any atom is -0.466 e. The molecule has 3 heterocycles. The van der Waals surface area contributed by atoms with E-state index in [0.29, 0.717) is 31.9 Å². The Labute approximate surface area is 163 Å². The average molecular weight is 384 g/mol. The third kappa shape index (κ3) is 3.62. The lowest BCUT2D eigenvalue weighted by Gasteiger charge is -2.23. The van der Waals surface area contributed by atoms with Crippen molar-refractivity contribution >= 4 is 5.97 Å². The molecule has 2 aliphatic heterocycles. The lowest BCUT2D eigenvalue weighted by Crippen LogP contribution is -2.35. The molecule has 2 aromatic rings. The number of carbonyl (C=O) groups is 1. The molecule has 0 unspecified atom stereocenters. The SMILES string of the molecule is CCOC(=O)[C@H]1[C@H](CCn2ccccc2=O)NC[C@@H]1c1ccc2c(c1)OCO2. The maximum absolute atomic E-state index is 12.8. The van der Waals surface area contributed by atoms with Crippen molar-refractivity contribution in [1.29, 1.82) is 0 Å². The summed E-state index contributed by atoms with van der Waals surface area (Å²) in [5, 5.41) is 3.46. The number of nitrogens with one attached hydrogen (secondary N) is 1. The number of pyridine rings is 1. The van der Waals surface area contributed by atoms with Crippen LogP contribution in [0.1, 0.15) is 24.8 Å². The van der Waals surface area contributed by atoms with Crippen molar-refractivity contribution in [2.45, 2.75) is 31.8 Å². The van der Waals surface area contributed by atoms with Gasteiger partial charge in [0.05, 0.1) is 12.5 Å². The first-order chi connectivity index (χ1) is 13.7. The molecule has 0 radical (unpaired) electrons. The number of aryl methyl sites for hydroxylation is 1. The highest BCUT2D eigenvalue weighted by atomic mass is 16.7. The summed E-state index contributed by atoms with van der Waals surface area (Å²) in [6.45, 7) is 3.58. The first-order valence-corrected chi connectivity index (χ1v) is 9.62. The number of carbonyl (C=O) groups excluding carboxylic acids is 1. The molecule has 0 spiro atoms. The molecule has 1 aromatic heterocycles. The molecule has 0 amide bonds. The smallest absolute Gasteiger partial charge is 0.311 e. The number of nitrogens with zero attached hydrogens (tertiary/aromatic N) is 1. The first kappa shape index (κ1) is 18.6. The summed E-state index contributed by atoms with van der Waals surface area (Å²) >= 11 is 0. The fourth-order valence-electron chi connectivity index (χ4n) is 4.05. The quantitative estimate of drug-likeness (QED) is 0.767. The summed E-state index contributed by atoms with van der Waals surface area (Å²) in [5.41, 5.74) is 0.981. The predicted molar refractivity (Wildman–Crippen MR) is 103 cm³/mol. The van der Waals surface area contributed by atoms with Crippen LogP contribution in [0.3, 0.4) is 0 Å². The molecule has 0 aliphatic carbocycles. The van der Waals surface area contributed by atoms with Crippen LogP contribution in [0, 0.1) is 5.92 Å². The lowest BCUT2D eigenvalue weighted by atomic mass is 9.84. The molecular weight excluding hydrogens is 360 g/mol. The van der Waals surface area contributed by atoms with Gasteiger partial charge in [0.15, 0.2) is 11.5 Å². The molecule has 4 rings (SSSR count). The Morgan fingerprint density at radius 1 is 1.25 bits per heavy atom. The van der Waals surface area contributed by atoms with Gasteiger partial charge in [-0.05, 0) is 37.1 Å². The van der Waals surface area contributed by atoms with Crippen LogP contribution in [0.2, 0.25) is 0 Å². The topological polar surface area (TPSA) is 78.8 Å². The van der Waals surface area contributed by atoms with Gasteiger partial charge in [0.1, 0.15) is 0 Å². The van der Waals surface area contributed by atoms with Crippen LogP contribution < -0.4 is 20.3 Å². The van der Waals surface area contributed by atoms with Crippen molar-refractivity contribution in [3.8, 4) is 11.5 Å². The van der Waals surface area contributed by atoms with Gasteiger partial charge >= 0.3 is 5.97 Å². The van der Waals surface area contributed by atoms with Crippen LogP contribution in [-0.2, 0) is 16.1 Å². The first-order valence-electron chi connectivity index (χ1n) is 9.62. The standard InChI is InChI=1S/C21H24N2O5/c1-2-26-21(25)20-15(14-6-7-17-18(11-14)28-13-27-17)12-22-16(20)8-10-23-9-4-3-5-19(23)24/h3-7,9,11,15-16,20,22H,2,8,10,12-13H2,1H3/t15-,16+,20-/m1/s1. The Balaban J connectivity index is 1.55. The number of esters is 1. The van der Waals surface area contributed by atoms with E-state index >= 15 is 0 Å². The van der Waals surface area contributed by atoms with Crippen LogP contribution in [0.25, 0.3) is 0 Å². The van der Waals surface area contributed by atoms with E-state index in [1.54, 1.807) is 22.9 Å². The van der Waals surface area contributed by atoms with E-state index in [2.05, 4.69) is 5.32 Å². The molecule has 7 heteroatoms. The summed E-state index contributed by atoms with van der Waals surface area (Å²) < 4.78 is 17.9. The zero-order valence-electron chi connectivity index (χ0n) is 15.8. The Hall–Kier alpha value is -2.80. The second kappa shape index (κ2) is 8.06. The Morgan fingerprint density at radius 2 is 2.11 bits per heavy atom. The van der Waals surface area contributed by atoms with Gasteiger partial charge < -0.3 is 24.1 Å². The zero-order valence-corrected chi connectivity index (χ0v) is 15.8. The lowest BCUT2D eigenvalue weighted by molar-refractivity contribution is -0.148. The molecular formula is C21H24N2O5. The molecule has 0 saturated carbocycles. The predicted octanol–water partition coefficient (Wildman–Crippen LogP) is 1.90. The number of ether oxygens (including phenoxy) is 3. The molecule has 28 heavy (non-hydrogen) atoms. The Bertz CT molecular complexity index is 910. The van der Waals surface area contributed by atoms with Crippen molar-refractivity contribution < 1.29 is 19.0 Å². The molecule has 1 saturated heterocycles. The molecule has 1 N–H and O–H groups in total. The van der Waals surface area contributed by atoms with E-state index in [1.165, 1.54) is 0 Å².